The number of carbonyl (C=O) groups excluding carboxylic acids is 1. The topological polar surface area (TPSA) is 60.9 Å². The highest BCUT2D eigenvalue weighted by molar-refractivity contribution is 7.92. The summed E-state index contributed by atoms with van der Waals surface area (Å²) < 4.78 is 26.3. The fourth-order valence-electron chi connectivity index (χ4n) is 3.69. The number of rotatable bonds is 6. The van der Waals surface area contributed by atoms with Crippen molar-refractivity contribution in [3.05, 3.63) is 59.6 Å². The van der Waals surface area contributed by atoms with E-state index in [-0.39, 0.29) is 5.91 Å². The molecule has 0 aliphatic carbocycles. The van der Waals surface area contributed by atoms with Gasteiger partial charge in [-0.2, -0.15) is 0 Å². The zero-order valence-corrected chi connectivity index (χ0v) is 18.2. The SMILES string of the molecule is CC[C@@H](C(=O)N1CCN(c2ccccc2)CC1)N(c1cccc(Cl)c1)S(C)(=O)=O. The fourth-order valence-corrected chi connectivity index (χ4v) is 5.07. The number of hydrogen-bond donors (Lipinski definition) is 0. The molecule has 2 aromatic carbocycles. The van der Waals surface area contributed by atoms with Gasteiger partial charge in [0.2, 0.25) is 15.9 Å². The Balaban J connectivity index is 1.78. The summed E-state index contributed by atoms with van der Waals surface area (Å²) in [6.45, 7) is 4.35. The molecule has 2 aromatic rings. The second-order valence-electron chi connectivity index (χ2n) is 7.11. The molecule has 3 rings (SSSR count). The molecule has 0 saturated carbocycles. The van der Waals surface area contributed by atoms with E-state index in [1.807, 2.05) is 25.1 Å². The molecule has 0 unspecified atom stereocenters. The Morgan fingerprint density at radius 1 is 1.07 bits per heavy atom. The number of piperazine rings is 1. The number of amides is 1. The molecule has 29 heavy (non-hydrogen) atoms. The summed E-state index contributed by atoms with van der Waals surface area (Å²) in [6.07, 6.45) is 1.49. The van der Waals surface area contributed by atoms with Crippen LogP contribution in [0, 0.1) is 0 Å². The van der Waals surface area contributed by atoms with Crippen LogP contribution in [-0.2, 0) is 14.8 Å². The number of hydrogen-bond acceptors (Lipinski definition) is 4. The van der Waals surface area contributed by atoms with Crippen molar-refractivity contribution in [1.82, 2.24) is 4.90 Å². The van der Waals surface area contributed by atoms with Crippen LogP contribution in [0.5, 0.6) is 0 Å². The van der Waals surface area contributed by atoms with Gasteiger partial charge >= 0.3 is 0 Å². The number of nitrogens with zero attached hydrogens (tertiary/aromatic N) is 3. The maximum atomic E-state index is 13.3. The number of benzene rings is 2. The van der Waals surface area contributed by atoms with Gasteiger partial charge in [-0.1, -0.05) is 42.8 Å². The van der Waals surface area contributed by atoms with Gasteiger partial charge in [-0.25, -0.2) is 8.42 Å². The Morgan fingerprint density at radius 2 is 1.72 bits per heavy atom. The van der Waals surface area contributed by atoms with Crippen molar-refractivity contribution in [2.24, 2.45) is 0 Å². The monoisotopic (exact) mass is 435 g/mol. The van der Waals surface area contributed by atoms with Gasteiger partial charge < -0.3 is 9.80 Å². The van der Waals surface area contributed by atoms with Gasteiger partial charge in [0.05, 0.1) is 11.9 Å². The van der Waals surface area contributed by atoms with E-state index < -0.39 is 16.1 Å². The number of halogens is 1. The van der Waals surface area contributed by atoms with Gasteiger partial charge in [0.1, 0.15) is 6.04 Å². The third-order valence-corrected chi connectivity index (χ3v) is 6.50. The van der Waals surface area contributed by atoms with Gasteiger partial charge in [-0.3, -0.25) is 9.10 Å². The minimum Gasteiger partial charge on any atom is -0.368 e. The van der Waals surface area contributed by atoms with Crippen molar-refractivity contribution in [2.45, 2.75) is 19.4 Å². The van der Waals surface area contributed by atoms with Crippen molar-refractivity contribution in [2.75, 3.05) is 41.6 Å². The van der Waals surface area contributed by atoms with Crippen molar-refractivity contribution in [3.8, 4) is 0 Å². The van der Waals surface area contributed by atoms with Crippen molar-refractivity contribution < 1.29 is 13.2 Å². The molecule has 0 radical (unpaired) electrons. The first-order chi connectivity index (χ1) is 13.8. The average Bonchev–Trinajstić information content (AvgIpc) is 2.71. The number of carbonyl (C=O) groups is 1. The molecule has 1 aliphatic rings. The quantitative estimate of drug-likeness (QED) is 0.698. The summed E-state index contributed by atoms with van der Waals surface area (Å²) >= 11 is 6.07. The summed E-state index contributed by atoms with van der Waals surface area (Å²) in [5, 5.41) is 0.426. The van der Waals surface area contributed by atoms with Gasteiger partial charge in [-0.15, -0.1) is 0 Å². The maximum Gasteiger partial charge on any atom is 0.246 e. The molecule has 1 aliphatic heterocycles. The molecule has 0 bridgehead atoms. The van der Waals surface area contributed by atoms with E-state index in [0.29, 0.717) is 43.3 Å². The molecule has 156 valence electrons. The molecule has 1 atom stereocenters. The maximum absolute atomic E-state index is 13.3. The highest BCUT2D eigenvalue weighted by atomic mass is 35.5. The standard InChI is InChI=1S/C21H26ClN3O3S/c1-3-20(25(29(2,27)28)19-11-7-8-17(22)16-19)21(26)24-14-12-23(13-15-24)18-9-5-4-6-10-18/h4-11,16,20H,3,12-15H2,1-2H3/t20-/m0/s1. The number of sulfonamides is 1. The molecule has 1 amide bonds. The van der Waals surface area contributed by atoms with E-state index in [0.717, 1.165) is 11.9 Å². The largest absolute Gasteiger partial charge is 0.368 e. The van der Waals surface area contributed by atoms with Crippen LogP contribution in [0.4, 0.5) is 11.4 Å². The molecule has 1 heterocycles. The van der Waals surface area contributed by atoms with E-state index in [4.69, 9.17) is 11.6 Å². The first-order valence-corrected chi connectivity index (χ1v) is 11.9. The lowest BCUT2D eigenvalue weighted by Crippen LogP contribution is -2.56. The van der Waals surface area contributed by atoms with Gasteiger partial charge in [-0.05, 0) is 36.8 Å². The van der Waals surface area contributed by atoms with E-state index in [2.05, 4.69) is 17.0 Å². The predicted molar refractivity (Wildman–Crippen MR) is 118 cm³/mol. The molecule has 0 N–H and O–H groups in total. The average molecular weight is 436 g/mol. The minimum absolute atomic E-state index is 0.175. The van der Waals surface area contributed by atoms with Gasteiger partial charge in [0.25, 0.3) is 0 Å². The van der Waals surface area contributed by atoms with Crippen LogP contribution in [0.15, 0.2) is 54.6 Å². The Hall–Kier alpha value is -2.25. The summed E-state index contributed by atoms with van der Waals surface area (Å²) in [5.41, 5.74) is 1.53. The van der Waals surface area contributed by atoms with E-state index >= 15 is 0 Å². The Labute approximate surface area is 177 Å². The van der Waals surface area contributed by atoms with Crippen molar-refractivity contribution in [1.29, 1.82) is 0 Å². The highest BCUT2D eigenvalue weighted by Crippen LogP contribution is 2.26. The lowest BCUT2D eigenvalue weighted by molar-refractivity contribution is -0.132. The van der Waals surface area contributed by atoms with Crippen LogP contribution in [0.1, 0.15) is 13.3 Å². The van der Waals surface area contributed by atoms with Crippen molar-refractivity contribution in [3.63, 3.8) is 0 Å². The number of anilines is 2. The van der Waals surface area contributed by atoms with Gasteiger partial charge in [0, 0.05) is 36.9 Å². The first kappa shape index (κ1) is 21.5. The van der Waals surface area contributed by atoms with Crippen LogP contribution < -0.4 is 9.21 Å². The Kier molecular flexibility index (Phi) is 6.70. The molecular weight excluding hydrogens is 410 g/mol. The molecule has 0 spiro atoms. The molecule has 8 heteroatoms. The van der Waals surface area contributed by atoms with Gasteiger partial charge in [0.15, 0.2) is 0 Å². The smallest absolute Gasteiger partial charge is 0.246 e. The van der Waals surface area contributed by atoms with Crippen LogP contribution >= 0.6 is 11.6 Å². The van der Waals surface area contributed by atoms with Crippen molar-refractivity contribution >= 4 is 38.9 Å². The molecular formula is C21H26ClN3O3S. The molecule has 1 fully saturated rings. The van der Waals surface area contributed by atoms with E-state index in [1.54, 1.807) is 29.2 Å². The lowest BCUT2D eigenvalue weighted by Gasteiger charge is -2.39. The summed E-state index contributed by atoms with van der Waals surface area (Å²) in [4.78, 5) is 17.3. The fraction of sp³-hybridized carbons (Fsp3) is 0.381. The van der Waals surface area contributed by atoms with Crippen LogP contribution in [0.25, 0.3) is 0 Å². The summed E-state index contributed by atoms with van der Waals surface area (Å²) in [6, 6.07) is 15.9. The molecule has 6 nitrogen and oxygen atoms in total. The predicted octanol–water partition coefficient (Wildman–Crippen LogP) is 3.23. The third kappa shape index (κ3) is 5.03. The van der Waals surface area contributed by atoms with Crippen LogP contribution in [0.3, 0.4) is 0 Å². The second kappa shape index (κ2) is 9.05. The zero-order chi connectivity index (χ0) is 21.0. The highest BCUT2D eigenvalue weighted by Gasteiger charge is 2.35. The minimum atomic E-state index is -3.67. The van der Waals surface area contributed by atoms with Crippen LogP contribution in [0.2, 0.25) is 5.02 Å². The lowest BCUT2D eigenvalue weighted by atomic mass is 10.1. The first-order valence-electron chi connectivity index (χ1n) is 9.65. The normalized spacial score (nSPS) is 15.8. The number of para-hydroxylation sites is 1. The van der Waals surface area contributed by atoms with Crippen LogP contribution in [-0.4, -0.2) is 57.7 Å². The summed E-state index contributed by atoms with van der Waals surface area (Å²) in [5.74, 6) is -0.175. The summed E-state index contributed by atoms with van der Waals surface area (Å²) in [7, 11) is -3.67. The second-order valence-corrected chi connectivity index (χ2v) is 9.41. The molecule has 1 saturated heterocycles. The zero-order valence-electron chi connectivity index (χ0n) is 16.7. The third-order valence-electron chi connectivity index (χ3n) is 5.09. The molecule has 0 aromatic heterocycles. The van der Waals surface area contributed by atoms with E-state index in [9.17, 15) is 13.2 Å². The van der Waals surface area contributed by atoms with E-state index in [1.165, 1.54) is 4.31 Å². The Bertz CT molecular complexity index is 945. The Morgan fingerprint density at radius 3 is 2.28 bits per heavy atom.